The Morgan fingerprint density at radius 1 is 0.760 bits per heavy atom. The van der Waals surface area contributed by atoms with Crippen molar-refractivity contribution in [3.63, 3.8) is 0 Å². The van der Waals surface area contributed by atoms with E-state index in [9.17, 15) is 0 Å². The fraction of sp³-hybridized carbons (Fsp3) is 0.271. The predicted molar refractivity (Wildman–Crippen MR) is 216 cm³/mol. The summed E-state index contributed by atoms with van der Waals surface area (Å²) in [5.41, 5.74) is 10.5. The lowest BCUT2D eigenvalue weighted by molar-refractivity contribution is -0.401. The van der Waals surface area contributed by atoms with Crippen molar-refractivity contribution < 1.29 is 4.58 Å². The van der Waals surface area contributed by atoms with Crippen LogP contribution in [0.4, 0.5) is 11.4 Å². The summed E-state index contributed by atoms with van der Waals surface area (Å²) in [7, 11) is 2.23. The highest BCUT2D eigenvalue weighted by Gasteiger charge is 2.48. The first-order valence-electron chi connectivity index (χ1n) is 18.3. The normalized spacial score (nSPS) is 21.1. The average molecular weight is 656 g/mol. The van der Waals surface area contributed by atoms with E-state index in [1.165, 1.54) is 66.6 Å². The second-order valence-corrected chi connectivity index (χ2v) is 15.2. The first-order chi connectivity index (χ1) is 24.2. The maximum absolute atomic E-state index is 4.22. The van der Waals surface area contributed by atoms with E-state index >= 15 is 0 Å². The molecule has 2 atom stereocenters. The molecule has 0 aliphatic carbocycles. The van der Waals surface area contributed by atoms with Crippen molar-refractivity contribution in [3.8, 4) is 0 Å². The Bertz CT molecular complexity index is 2230. The van der Waals surface area contributed by atoms with E-state index in [-0.39, 0.29) is 10.8 Å². The zero-order valence-electron chi connectivity index (χ0n) is 30.7. The van der Waals surface area contributed by atoms with E-state index in [4.69, 9.17) is 0 Å². The molecule has 0 spiro atoms. The Hall–Kier alpha value is -4.95. The number of anilines is 1. The minimum Gasteiger partial charge on any atom is -0.344 e. The van der Waals surface area contributed by atoms with Gasteiger partial charge in [-0.1, -0.05) is 117 Å². The summed E-state index contributed by atoms with van der Waals surface area (Å²) in [5, 5.41) is 5.28. The van der Waals surface area contributed by atoms with Gasteiger partial charge in [-0.15, -0.1) is 6.58 Å². The molecule has 0 bridgehead atoms. The van der Waals surface area contributed by atoms with Gasteiger partial charge in [0, 0.05) is 41.1 Å². The smallest absolute Gasteiger partial charge is 0.210 e. The minimum absolute atomic E-state index is 0.168. The maximum Gasteiger partial charge on any atom is 0.210 e. The van der Waals surface area contributed by atoms with E-state index in [0.717, 1.165) is 25.8 Å². The number of nitrogens with zero attached hydrogens (tertiary/aromatic N) is 2. The molecule has 2 nitrogen and oxygen atoms in total. The van der Waals surface area contributed by atoms with Gasteiger partial charge in [0.1, 0.15) is 7.05 Å². The molecule has 0 aromatic heterocycles. The molecule has 0 saturated carbocycles. The molecule has 0 amide bonds. The standard InChI is InChI=1S/C48H51N2/c1-8-31-47(5)44(50(32-30-34(2)3)42-29-27-37-20-15-17-23-40(37)46(42)47)25-11-9-10-24-43-48(6,33-38-21-13-12-18-35(38)4)45-39-22-16-14-19-36(39)26-28-41(45)49(43)7/h8-29,34H,1,30-33H2,2-7H3/q+1. The van der Waals surface area contributed by atoms with Gasteiger partial charge in [-0.05, 0) is 102 Å². The van der Waals surface area contributed by atoms with Crippen molar-refractivity contribution in [2.45, 2.75) is 64.7 Å². The highest BCUT2D eigenvalue weighted by atomic mass is 15.2. The Morgan fingerprint density at radius 2 is 1.42 bits per heavy atom. The van der Waals surface area contributed by atoms with Gasteiger partial charge in [0.25, 0.3) is 0 Å². The Labute approximate surface area is 299 Å². The summed E-state index contributed by atoms with van der Waals surface area (Å²) in [4.78, 5) is 2.58. The van der Waals surface area contributed by atoms with E-state index in [0.29, 0.717) is 5.92 Å². The van der Waals surface area contributed by atoms with E-state index in [2.05, 4.69) is 191 Å². The van der Waals surface area contributed by atoms with Gasteiger partial charge in [-0.2, -0.15) is 4.58 Å². The van der Waals surface area contributed by atoms with Gasteiger partial charge in [0.05, 0.1) is 5.41 Å². The fourth-order valence-corrected chi connectivity index (χ4v) is 8.79. The van der Waals surface area contributed by atoms with Crippen molar-refractivity contribution in [2.24, 2.45) is 5.92 Å². The van der Waals surface area contributed by atoms with Gasteiger partial charge in [0.2, 0.25) is 5.69 Å². The van der Waals surface area contributed by atoms with E-state index < -0.39 is 0 Å². The molecule has 0 fully saturated rings. The summed E-state index contributed by atoms with van der Waals surface area (Å²) >= 11 is 0. The largest absolute Gasteiger partial charge is 0.344 e. The Morgan fingerprint density at radius 3 is 2.12 bits per heavy atom. The maximum atomic E-state index is 4.22. The summed E-state index contributed by atoms with van der Waals surface area (Å²) in [5.74, 6) is 0.626. The summed E-state index contributed by atoms with van der Waals surface area (Å²) in [6.07, 6.45) is 16.5. The van der Waals surface area contributed by atoms with Crippen LogP contribution < -0.4 is 4.90 Å². The number of hydrogen-bond acceptors (Lipinski definition) is 1. The van der Waals surface area contributed by atoms with Crippen molar-refractivity contribution in [1.82, 2.24) is 0 Å². The SMILES string of the molecule is C=CCC1(C)\C(=C/C=C/C=C/C2=[N+](C)c3ccc4ccccc4c3C2(C)Cc2ccccc2C)N(CCC(C)C)c2ccc3ccccc3c21. The fourth-order valence-electron chi connectivity index (χ4n) is 8.79. The van der Waals surface area contributed by atoms with Gasteiger partial charge < -0.3 is 4.90 Å². The monoisotopic (exact) mass is 655 g/mol. The van der Waals surface area contributed by atoms with Crippen molar-refractivity contribution in [3.05, 3.63) is 168 Å². The Kier molecular flexibility index (Phi) is 8.99. The van der Waals surface area contributed by atoms with Crippen LogP contribution in [0.2, 0.25) is 0 Å². The molecule has 2 unspecified atom stereocenters. The molecule has 2 heterocycles. The number of aryl methyl sites for hydroxylation is 1. The summed E-state index contributed by atoms with van der Waals surface area (Å²) < 4.78 is 2.41. The van der Waals surface area contributed by atoms with Gasteiger partial charge in [-0.25, -0.2) is 0 Å². The molecule has 5 aromatic rings. The van der Waals surface area contributed by atoms with Crippen LogP contribution in [0.3, 0.4) is 0 Å². The number of rotatable bonds is 10. The zero-order chi connectivity index (χ0) is 35.0. The molecule has 0 N–H and O–H groups in total. The number of hydrogen-bond donors (Lipinski definition) is 0. The number of allylic oxidation sites excluding steroid dienone is 7. The van der Waals surface area contributed by atoms with Gasteiger partial charge in [-0.3, -0.25) is 0 Å². The highest BCUT2D eigenvalue weighted by molar-refractivity contribution is 6.08. The lowest BCUT2D eigenvalue weighted by Crippen LogP contribution is -2.33. The first-order valence-corrected chi connectivity index (χ1v) is 18.3. The second-order valence-electron chi connectivity index (χ2n) is 15.2. The Balaban J connectivity index is 1.28. The molecule has 2 aliphatic rings. The summed E-state index contributed by atoms with van der Waals surface area (Å²) in [6, 6.07) is 35.8. The third kappa shape index (κ3) is 5.65. The molecular formula is C48H51N2+. The van der Waals surface area contributed by atoms with Crippen molar-refractivity contribution in [1.29, 1.82) is 0 Å². The molecule has 0 radical (unpaired) electrons. The van der Waals surface area contributed by atoms with Crippen molar-refractivity contribution in [2.75, 3.05) is 18.5 Å². The molecule has 2 aliphatic heterocycles. The molecular weight excluding hydrogens is 605 g/mol. The lowest BCUT2D eigenvalue weighted by atomic mass is 9.72. The molecule has 0 saturated heterocycles. The highest BCUT2D eigenvalue weighted by Crippen LogP contribution is 2.53. The number of fused-ring (bicyclic) bond motifs is 6. The predicted octanol–water partition coefficient (Wildman–Crippen LogP) is 11.9. The molecule has 7 rings (SSSR count). The van der Waals surface area contributed by atoms with Crippen LogP contribution in [0.15, 0.2) is 146 Å². The molecule has 50 heavy (non-hydrogen) atoms. The molecule has 5 aromatic carbocycles. The lowest BCUT2D eigenvalue weighted by Gasteiger charge is -2.30. The van der Waals surface area contributed by atoms with Crippen LogP contribution in [0.1, 0.15) is 62.8 Å². The first kappa shape index (κ1) is 33.5. The van der Waals surface area contributed by atoms with Crippen LogP contribution in [0, 0.1) is 12.8 Å². The molecule has 2 heteroatoms. The van der Waals surface area contributed by atoms with E-state index in [1.54, 1.807) is 0 Å². The topological polar surface area (TPSA) is 6.25 Å². The third-order valence-electron chi connectivity index (χ3n) is 11.4. The summed E-state index contributed by atoms with van der Waals surface area (Å²) in [6.45, 7) is 16.9. The second kappa shape index (κ2) is 13.4. The molecule has 252 valence electrons. The van der Waals surface area contributed by atoms with Gasteiger partial charge >= 0.3 is 0 Å². The van der Waals surface area contributed by atoms with E-state index in [1.807, 2.05) is 0 Å². The van der Waals surface area contributed by atoms with Crippen LogP contribution in [-0.2, 0) is 17.3 Å². The average Bonchev–Trinajstić information content (AvgIpc) is 3.48. The third-order valence-corrected chi connectivity index (χ3v) is 11.4. The van der Waals surface area contributed by atoms with Gasteiger partial charge in [0.15, 0.2) is 5.71 Å². The van der Waals surface area contributed by atoms with Crippen molar-refractivity contribution >= 4 is 38.6 Å². The quantitative estimate of drug-likeness (QED) is 0.0824. The van der Waals surface area contributed by atoms with Crippen LogP contribution in [-0.4, -0.2) is 23.9 Å². The van der Waals surface area contributed by atoms with Crippen LogP contribution in [0.5, 0.6) is 0 Å². The van der Waals surface area contributed by atoms with Crippen LogP contribution in [0.25, 0.3) is 21.5 Å². The zero-order valence-corrected chi connectivity index (χ0v) is 30.7. The van der Waals surface area contributed by atoms with Crippen LogP contribution >= 0.6 is 0 Å². The number of benzene rings is 5. The minimum atomic E-state index is -0.190.